The molecule has 2 fully saturated rings. The molecule has 0 heterocycles. The third-order valence-corrected chi connectivity index (χ3v) is 4.22. The van der Waals surface area contributed by atoms with Crippen LogP contribution < -0.4 is 5.32 Å². The van der Waals surface area contributed by atoms with Gasteiger partial charge in [-0.3, -0.25) is 0 Å². The van der Waals surface area contributed by atoms with Gasteiger partial charge in [-0.1, -0.05) is 12.1 Å². The van der Waals surface area contributed by atoms with Gasteiger partial charge in [0.25, 0.3) is 0 Å². The van der Waals surface area contributed by atoms with E-state index in [1.54, 1.807) is 0 Å². The summed E-state index contributed by atoms with van der Waals surface area (Å²) >= 11 is 0. The fraction of sp³-hybridized carbons (Fsp3) is 0.562. The summed E-state index contributed by atoms with van der Waals surface area (Å²) in [4.78, 5) is 0. The number of hydrogen-bond donors (Lipinski definition) is 1. The van der Waals surface area contributed by atoms with E-state index in [1.165, 1.54) is 31.2 Å². The van der Waals surface area contributed by atoms with E-state index in [1.807, 2.05) is 18.2 Å². The van der Waals surface area contributed by atoms with E-state index in [0.717, 1.165) is 17.4 Å². The summed E-state index contributed by atoms with van der Waals surface area (Å²) in [6.07, 6.45) is 5.61. The van der Waals surface area contributed by atoms with Gasteiger partial charge in [-0.25, -0.2) is 0 Å². The zero-order valence-electron chi connectivity index (χ0n) is 10.9. The first-order chi connectivity index (χ1) is 8.78. The van der Waals surface area contributed by atoms with Crippen LogP contribution in [0.4, 0.5) is 0 Å². The van der Waals surface area contributed by atoms with Crippen LogP contribution in [0.5, 0.6) is 0 Å². The SMILES string of the molecule is CC(NC(C1CC1)C1CC1)c1cccc(C#N)c1. The van der Waals surface area contributed by atoms with Crippen molar-refractivity contribution >= 4 is 0 Å². The Hall–Kier alpha value is -1.33. The number of rotatable bonds is 5. The predicted molar refractivity (Wildman–Crippen MR) is 71.9 cm³/mol. The summed E-state index contributed by atoms with van der Waals surface area (Å²) in [6.45, 7) is 2.22. The molecule has 2 heteroatoms. The van der Waals surface area contributed by atoms with Gasteiger partial charge >= 0.3 is 0 Å². The van der Waals surface area contributed by atoms with Gasteiger partial charge in [0.2, 0.25) is 0 Å². The Kier molecular flexibility index (Phi) is 3.09. The van der Waals surface area contributed by atoms with Crippen LogP contribution >= 0.6 is 0 Å². The zero-order chi connectivity index (χ0) is 12.5. The van der Waals surface area contributed by atoms with Gasteiger partial charge < -0.3 is 5.32 Å². The summed E-state index contributed by atoms with van der Waals surface area (Å²) in [5.41, 5.74) is 2.00. The van der Waals surface area contributed by atoms with E-state index < -0.39 is 0 Å². The lowest BCUT2D eigenvalue weighted by Crippen LogP contribution is -2.35. The second kappa shape index (κ2) is 4.74. The first-order valence-electron chi connectivity index (χ1n) is 7.04. The molecule has 0 saturated heterocycles. The Morgan fingerprint density at radius 1 is 1.22 bits per heavy atom. The molecule has 2 saturated carbocycles. The highest BCUT2D eigenvalue weighted by molar-refractivity contribution is 5.34. The van der Waals surface area contributed by atoms with Crippen molar-refractivity contribution in [1.82, 2.24) is 5.32 Å². The average Bonchev–Trinajstić information content (AvgIpc) is 3.29. The monoisotopic (exact) mass is 240 g/mol. The molecule has 0 aromatic heterocycles. The number of nitrogens with one attached hydrogen (secondary N) is 1. The minimum Gasteiger partial charge on any atom is -0.307 e. The third kappa shape index (κ3) is 2.57. The van der Waals surface area contributed by atoms with E-state index in [9.17, 15) is 0 Å². The summed E-state index contributed by atoms with van der Waals surface area (Å²) in [6, 6.07) is 11.3. The van der Waals surface area contributed by atoms with Crippen molar-refractivity contribution in [3.63, 3.8) is 0 Å². The van der Waals surface area contributed by atoms with Crippen molar-refractivity contribution in [1.29, 1.82) is 5.26 Å². The van der Waals surface area contributed by atoms with Gasteiger partial charge in [0.1, 0.15) is 0 Å². The van der Waals surface area contributed by atoms with E-state index in [-0.39, 0.29) is 0 Å². The lowest BCUT2D eigenvalue weighted by atomic mass is 10.0. The van der Waals surface area contributed by atoms with Crippen molar-refractivity contribution in [2.45, 2.75) is 44.7 Å². The van der Waals surface area contributed by atoms with Gasteiger partial charge in [-0.05, 0) is 62.1 Å². The molecule has 94 valence electrons. The molecule has 0 radical (unpaired) electrons. The van der Waals surface area contributed by atoms with Gasteiger partial charge in [0.15, 0.2) is 0 Å². The average molecular weight is 240 g/mol. The van der Waals surface area contributed by atoms with E-state index in [4.69, 9.17) is 5.26 Å². The molecule has 3 rings (SSSR count). The van der Waals surface area contributed by atoms with Crippen molar-refractivity contribution in [2.24, 2.45) is 11.8 Å². The van der Waals surface area contributed by atoms with Crippen LogP contribution in [0, 0.1) is 23.2 Å². The van der Waals surface area contributed by atoms with Crippen LogP contribution in [0.15, 0.2) is 24.3 Å². The number of nitriles is 1. The summed E-state index contributed by atoms with van der Waals surface area (Å²) in [5.74, 6) is 1.83. The molecule has 1 unspecified atom stereocenters. The van der Waals surface area contributed by atoms with Crippen molar-refractivity contribution in [3.05, 3.63) is 35.4 Å². The number of benzene rings is 1. The summed E-state index contributed by atoms with van der Waals surface area (Å²) in [5, 5.41) is 12.8. The Labute approximate surface area is 109 Å². The van der Waals surface area contributed by atoms with Gasteiger partial charge in [-0.15, -0.1) is 0 Å². The lowest BCUT2D eigenvalue weighted by Gasteiger charge is -2.23. The molecule has 0 bridgehead atoms. The van der Waals surface area contributed by atoms with Crippen LogP contribution in [0.1, 0.15) is 49.8 Å². The smallest absolute Gasteiger partial charge is 0.0991 e. The fourth-order valence-electron chi connectivity index (χ4n) is 2.83. The Morgan fingerprint density at radius 2 is 1.89 bits per heavy atom. The maximum atomic E-state index is 8.95. The van der Waals surface area contributed by atoms with Crippen molar-refractivity contribution in [2.75, 3.05) is 0 Å². The standard InChI is InChI=1S/C16H20N2/c1-11(15-4-2-3-12(9-15)10-17)18-16(13-5-6-13)14-7-8-14/h2-4,9,11,13-14,16,18H,5-8H2,1H3. The number of nitrogens with zero attached hydrogens (tertiary/aromatic N) is 1. The maximum Gasteiger partial charge on any atom is 0.0991 e. The fourth-order valence-corrected chi connectivity index (χ4v) is 2.83. The molecule has 0 spiro atoms. The van der Waals surface area contributed by atoms with Gasteiger partial charge in [0, 0.05) is 12.1 Å². The van der Waals surface area contributed by atoms with Crippen molar-refractivity contribution in [3.8, 4) is 6.07 Å². The van der Waals surface area contributed by atoms with Gasteiger partial charge in [-0.2, -0.15) is 5.26 Å². The predicted octanol–water partition coefficient (Wildman–Crippen LogP) is 3.40. The topological polar surface area (TPSA) is 35.8 Å². The molecule has 1 atom stereocenters. The van der Waals surface area contributed by atoms with E-state index in [2.05, 4.69) is 24.4 Å². The van der Waals surface area contributed by atoms with Gasteiger partial charge in [0.05, 0.1) is 11.6 Å². The molecule has 1 aromatic carbocycles. The van der Waals surface area contributed by atoms with Crippen LogP contribution in [-0.4, -0.2) is 6.04 Å². The van der Waals surface area contributed by atoms with Crippen molar-refractivity contribution < 1.29 is 0 Å². The molecule has 2 nitrogen and oxygen atoms in total. The molecule has 2 aliphatic rings. The zero-order valence-corrected chi connectivity index (χ0v) is 10.9. The highest BCUT2D eigenvalue weighted by Gasteiger charge is 2.41. The molecular formula is C16H20N2. The summed E-state index contributed by atoms with van der Waals surface area (Å²) in [7, 11) is 0. The molecule has 1 N–H and O–H groups in total. The van der Waals surface area contributed by atoms with Crippen LogP contribution in [-0.2, 0) is 0 Å². The first-order valence-corrected chi connectivity index (χ1v) is 7.04. The number of hydrogen-bond acceptors (Lipinski definition) is 2. The second-order valence-corrected chi connectivity index (χ2v) is 5.83. The highest BCUT2D eigenvalue weighted by Crippen LogP contribution is 2.45. The maximum absolute atomic E-state index is 8.95. The molecule has 0 amide bonds. The van der Waals surface area contributed by atoms with Crippen LogP contribution in [0.2, 0.25) is 0 Å². The van der Waals surface area contributed by atoms with Crippen LogP contribution in [0.3, 0.4) is 0 Å². The Balaban J connectivity index is 1.69. The summed E-state index contributed by atoms with van der Waals surface area (Å²) < 4.78 is 0. The Morgan fingerprint density at radius 3 is 2.44 bits per heavy atom. The quantitative estimate of drug-likeness (QED) is 0.856. The molecular weight excluding hydrogens is 220 g/mol. The minimum absolute atomic E-state index is 0.351. The normalized spacial score (nSPS) is 20.7. The van der Waals surface area contributed by atoms with Crippen LogP contribution in [0.25, 0.3) is 0 Å². The third-order valence-electron chi connectivity index (χ3n) is 4.22. The minimum atomic E-state index is 0.351. The van der Waals surface area contributed by atoms with E-state index in [0.29, 0.717) is 12.1 Å². The van der Waals surface area contributed by atoms with E-state index >= 15 is 0 Å². The largest absolute Gasteiger partial charge is 0.307 e. The molecule has 18 heavy (non-hydrogen) atoms. The molecule has 2 aliphatic carbocycles. The second-order valence-electron chi connectivity index (χ2n) is 5.83. The lowest BCUT2D eigenvalue weighted by molar-refractivity contribution is 0.377. The molecule has 1 aromatic rings. The highest BCUT2D eigenvalue weighted by atomic mass is 15.0. The Bertz CT molecular complexity index is 454. The first kappa shape index (κ1) is 11.7. The molecule has 0 aliphatic heterocycles.